The number of ether oxygens (including phenoxy) is 2. The van der Waals surface area contributed by atoms with E-state index in [1.807, 2.05) is 0 Å². The van der Waals surface area contributed by atoms with Crippen molar-refractivity contribution in [1.29, 1.82) is 0 Å². The molecule has 1 heterocycles. The molecule has 0 amide bonds. The van der Waals surface area contributed by atoms with Crippen molar-refractivity contribution in [3.8, 4) is 0 Å². The number of carbonyl (C=O) groups excluding carboxylic acids is 1. The van der Waals surface area contributed by atoms with Crippen LogP contribution in [0.25, 0.3) is 0 Å². The molecule has 1 aliphatic heterocycles. The first-order chi connectivity index (χ1) is 12.1. The maximum absolute atomic E-state index is 11.7. The molecule has 1 rings (SSSR count). The lowest BCUT2D eigenvalue weighted by Crippen LogP contribution is -2.14. The molecule has 25 heavy (non-hydrogen) atoms. The van der Waals surface area contributed by atoms with Gasteiger partial charge < -0.3 is 9.47 Å². The van der Waals surface area contributed by atoms with E-state index in [1.54, 1.807) is 0 Å². The number of hydrogen-bond acceptors (Lipinski definition) is 3. The Morgan fingerprint density at radius 3 is 2.20 bits per heavy atom. The SMILES string of the molecule is CCCCCCCCOC(=O)CCCCCCCC1(CC(C)C)CO1. The zero-order valence-electron chi connectivity index (χ0n) is 17.1. The molecule has 1 unspecified atom stereocenters. The summed E-state index contributed by atoms with van der Waals surface area (Å²) in [5.74, 6) is 0.723. The van der Waals surface area contributed by atoms with Gasteiger partial charge in [-0.3, -0.25) is 4.79 Å². The topological polar surface area (TPSA) is 38.8 Å². The maximum atomic E-state index is 11.7. The third-order valence-corrected chi connectivity index (χ3v) is 5.11. The van der Waals surface area contributed by atoms with Crippen molar-refractivity contribution in [2.75, 3.05) is 13.2 Å². The second-order valence-electron chi connectivity index (χ2n) is 8.33. The summed E-state index contributed by atoms with van der Waals surface area (Å²) < 4.78 is 11.0. The highest BCUT2D eigenvalue weighted by molar-refractivity contribution is 5.69. The van der Waals surface area contributed by atoms with Gasteiger partial charge in [0.2, 0.25) is 0 Å². The second kappa shape index (κ2) is 13.6. The minimum Gasteiger partial charge on any atom is -0.466 e. The molecular formula is C22H42O3. The molecule has 0 aromatic heterocycles. The molecule has 0 aliphatic carbocycles. The van der Waals surface area contributed by atoms with Gasteiger partial charge in [0.25, 0.3) is 0 Å². The Balaban J connectivity index is 1.82. The van der Waals surface area contributed by atoms with Crippen LogP contribution in [0.2, 0.25) is 0 Å². The fourth-order valence-electron chi connectivity index (χ4n) is 3.60. The molecule has 1 atom stereocenters. The number of esters is 1. The van der Waals surface area contributed by atoms with Gasteiger partial charge in [-0.15, -0.1) is 0 Å². The van der Waals surface area contributed by atoms with Gasteiger partial charge in [-0.05, 0) is 31.6 Å². The summed E-state index contributed by atoms with van der Waals surface area (Å²) >= 11 is 0. The third kappa shape index (κ3) is 12.4. The van der Waals surface area contributed by atoms with E-state index in [0.717, 1.165) is 31.8 Å². The zero-order valence-corrected chi connectivity index (χ0v) is 17.1. The Morgan fingerprint density at radius 1 is 0.960 bits per heavy atom. The second-order valence-corrected chi connectivity index (χ2v) is 8.33. The quantitative estimate of drug-likeness (QED) is 0.171. The molecule has 1 fully saturated rings. The highest BCUT2D eigenvalue weighted by atomic mass is 16.6. The monoisotopic (exact) mass is 354 g/mol. The molecule has 0 aromatic rings. The van der Waals surface area contributed by atoms with Gasteiger partial charge in [-0.1, -0.05) is 78.6 Å². The van der Waals surface area contributed by atoms with Crippen LogP contribution in [0, 0.1) is 5.92 Å². The molecule has 3 heteroatoms. The van der Waals surface area contributed by atoms with Gasteiger partial charge in [0, 0.05) is 6.42 Å². The van der Waals surface area contributed by atoms with Gasteiger partial charge >= 0.3 is 5.97 Å². The molecule has 0 bridgehead atoms. The van der Waals surface area contributed by atoms with Crippen LogP contribution in [0.3, 0.4) is 0 Å². The van der Waals surface area contributed by atoms with Crippen LogP contribution < -0.4 is 0 Å². The fourth-order valence-corrected chi connectivity index (χ4v) is 3.60. The van der Waals surface area contributed by atoms with E-state index in [0.29, 0.717) is 13.0 Å². The molecular weight excluding hydrogens is 312 g/mol. The number of unbranched alkanes of at least 4 members (excludes halogenated alkanes) is 9. The van der Waals surface area contributed by atoms with Crippen molar-refractivity contribution in [2.24, 2.45) is 5.92 Å². The van der Waals surface area contributed by atoms with Crippen LogP contribution in [0.5, 0.6) is 0 Å². The minimum absolute atomic E-state index is 0.00387. The van der Waals surface area contributed by atoms with E-state index in [2.05, 4.69) is 20.8 Å². The van der Waals surface area contributed by atoms with E-state index in [4.69, 9.17) is 9.47 Å². The number of rotatable bonds is 17. The Labute approximate surface area is 156 Å². The Kier molecular flexibility index (Phi) is 12.2. The van der Waals surface area contributed by atoms with Crippen molar-refractivity contribution in [3.63, 3.8) is 0 Å². The predicted octanol–water partition coefficient (Wildman–Crippen LogP) is 6.44. The Bertz CT molecular complexity index is 334. The normalized spacial score (nSPS) is 19.4. The summed E-state index contributed by atoms with van der Waals surface area (Å²) in [6, 6.07) is 0. The van der Waals surface area contributed by atoms with E-state index in [-0.39, 0.29) is 11.6 Å². The maximum Gasteiger partial charge on any atom is 0.305 e. The lowest BCUT2D eigenvalue weighted by Gasteiger charge is -2.13. The van der Waals surface area contributed by atoms with Crippen LogP contribution in [-0.4, -0.2) is 24.8 Å². The number of carbonyl (C=O) groups is 1. The predicted molar refractivity (Wildman–Crippen MR) is 105 cm³/mol. The summed E-state index contributed by atoms with van der Waals surface area (Å²) in [6.45, 7) is 8.36. The van der Waals surface area contributed by atoms with Crippen LogP contribution >= 0.6 is 0 Å². The average molecular weight is 355 g/mol. The molecule has 0 spiro atoms. The molecule has 1 aliphatic rings. The smallest absolute Gasteiger partial charge is 0.305 e. The summed E-state index contributed by atoms with van der Waals surface area (Å²) in [4.78, 5) is 11.7. The summed E-state index contributed by atoms with van der Waals surface area (Å²) in [7, 11) is 0. The van der Waals surface area contributed by atoms with Gasteiger partial charge in [0.05, 0.1) is 18.8 Å². The largest absolute Gasteiger partial charge is 0.466 e. The number of hydrogen-bond donors (Lipinski definition) is 0. The lowest BCUT2D eigenvalue weighted by molar-refractivity contribution is -0.143. The van der Waals surface area contributed by atoms with E-state index in [9.17, 15) is 4.79 Å². The average Bonchev–Trinajstić information content (AvgIpc) is 3.32. The van der Waals surface area contributed by atoms with Crippen molar-refractivity contribution in [2.45, 2.75) is 116 Å². The van der Waals surface area contributed by atoms with Crippen LogP contribution in [0.15, 0.2) is 0 Å². The summed E-state index contributed by atoms with van der Waals surface area (Å²) in [5.41, 5.74) is 0.231. The molecule has 1 saturated heterocycles. The van der Waals surface area contributed by atoms with E-state index < -0.39 is 0 Å². The van der Waals surface area contributed by atoms with Gasteiger partial charge in [-0.25, -0.2) is 0 Å². The molecule has 0 saturated carbocycles. The molecule has 0 aromatic carbocycles. The van der Waals surface area contributed by atoms with Crippen LogP contribution in [0.4, 0.5) is 0 Å². The molecule has 148 valence electrons. The van der Waals surface area contributed by atoms with Crippen molar-refractivity contribution < 1.29 is 14.3 Å². The van der Waals surface area contributed by atoms with Gasteiger partial charge in [0.1, 0.15) is 0 Å². The summed E-state index contributed by atoms with van der Waals surface area (Å²) in [6.07, 6.45) is 16.3. The number of epoxide rings is 1. The fraction of sp³-hybridized carbons (Fsp3) is 0.955. The third-order valence-electron chi connectivity index (χ3n) is 5.11. The van der Waals surface area contributed by atoms with Crippen LogP contribution in [0.1, 0.15) is 111 Å². The molecule has 3 nitrogen and oxygen atoms in total. The zero-order chi connectivity index (χ0) is 18.4. The first-order valence-electron chi connectivity index (χ1n) is 10.9. The van der Waals surface area contributed by atoms with Crippen molar-refractivity contribution in [1.82, 2.24) is 0 Å². The highest BCUT2D eigenvalue weighted by Crippen LogP contribution is 2.38. The van der Waals surface area contributed by atoms with Crippen molar-refractivity contribution in [3.05, 3.63) is 0 Å². The van der Waals surface area contributed by atoms with Gasteiger partial charge in [-0.2, -0.15) is 0 Å². The summed E-state index contributed by atoms with van der Waals surface area (Å²) in [5, 5.41) is 0. The van der Waals surface area contributed by atoms with E-state index >= 15 is 0 Å². The lowest BCUT2D eigenvalue weighted by atomic mass is 9.92. The molecule has 0 N–H and O–H groups in total. The van der Waals surface area contributed by atoms with Crippen molar-refractivity contribution >= 4 is 5.97 Å². The first-order valence-corrected chi connectivity index (χ1v) is 10.9. The molecule has 0 radical (unpaired) electrons. The van der Waals surface area contributed by atoms with Gasteiger partial charge in [0.15, 0.2) is 0 Å². The first kappa shape index (κ1) is 22.5. The standard InChI is InChI=1S/C22H42O3/c1-4-5-6-7-11-14-17-24-21(23)15-12-9-8-10-13-16-22(19-25-22)18-20(2)3/h20H,4-19H2,1-3H3. The highest BCUT2D eigenvalue weighted by Gasteiger charge is 2.43. The Hall–Kier alpha value is -0.570. The van der Waals surface area contributed by atoms with E-state index in [1.165, 1.54) is 64.2 Å². The van der Waals surface area contributed by atoms with Crippen LogP contribution in [-0.2, 0) is 14.3 Å². The minimum atomic E-state index is -0.00387. The Morgan fingerprint density at radius 2 is 1.56 bits per heavy atom.